The van der Waals surface area contributed by atoms with Crippen LogP contribution in [0.1, 0.15) is 5.56 Å². The van der Waals surface area contributed by atoms with Crippen molar-refractivity contribution in [1.82, 2.24) is 0 Å². The SMILES string of the molecule is CN1CCc2cc(NC(=O)Oc3ccccc3)ccc21. The summed E-state index contributed by atoms with van der Waals surface area (Å²) in [5.74, 6) is 0.533. The lowest BCUT2D eigenvalue weighted by Gasteiger charge is -2.12. The second-order valence-electron chi connectivity index (χ2n) is 4.84. The molecule has 4 nitrogen and oxygen atoms in total. The van der Waals surface area contributed by atoms with Gasteiger partial charge in [-0.2, -0.15) is 0 Å². The molecule has 0 saturated carbocycles. The number of hydrogen-bond donors (Lipinski definition) is 1. The Morgan fingerprint density at radius 1 is 1.20 bits per heavy atom. The van der Waals surface area contributed by atoms with E-state index in [0.29, 0.717) is 5.75 Å². The van der Waals surface area contributed by atoms with Gasteiger partial charge in [0.05, 0.1) is 0 Å². The van der Waals surface area contributed by atoms with Gasteiger partial charge in [0.2, 0.25) is 0 Å². The van der Waals surface area contributed by atoms with Crippen LogP contribution < -0.4 is 15.0 Å². The Hall–Kier alpha value is -2.49. The number of ether oxygens (including phenoxy) is 1. The van der Waals surface area contributed by atoms with Crippen molar-refractivity contribution in [3.8, 4) is 5.75 Å². The number of nitrogens with zero attached hydrogens (tertiary/aromatic N) is 1. The summed E-state index contributed by atoms with van der Waals surface area (Å²) < 4.78 is 5.20. The van der Waals surface area contributed by atoms with Crippen LogP contribution in [0.15, 0.2) is 48.5 Å². The van der Waals surface area contributed by atoms with Crippen LogP contribution >= 0.6 is 0 Å². The molecule has 0 unspecified atom stereocenters. The Bertz CT molecular complexity index is 626. The zero-order valence-electron chi connectivity index (χ0n) is 11.3. The maximum atomic E-state index is 11.8. The van der Waals surface area contributed by atoms with Gasteiger partial charge in [0.1, 0.15) is 5.75 Å². The first kappa shape index (κ1) is 12.5. The minimum absolute atomic E-state index is 0.470. The number of nitrogens with one attached hydrogen (secondary N) is 1. The molecule has 4 heteroatoms. The van der Waals surface area contributed by atoms with Gasteiger partial charge >= 0.3 is 6.09 Å². The lowest BCUT2D eigenvalue weighted by molar-refractivity contribution is 0.215. The van der Waals surface area contributed by atoms with Crippen LogP contribution in [0.4, 0.5) is 16.2 Å². The molecule has 1 heterocycles. The van der Waals surface area contributed by atoms with E-state index in [-0.39, 0.29) is 0 Å². The van der Waals surface area contributed by atoms with Crippen molar-refractivity contribution in [3.63, 3.8) is 0 Å². The van der Waals surface area contributed by atoms with Crippen LogP contribution in [-0.4, -0.2) is 19.7 Å². The molecule has 0 aromatic heterocycles. The summed E-state index contributed by atoms with van der Waals surface area (Å²) in [6.07, 6.45) is 0.539. The molecular formula is C16H16N2O2. The number of anilines is 2. The summed E-state index contributed by atoms with van der Waals surface area (Å²) in [6, 6.07) is 15.0. The molecule has 0 radical (unpaired) electrons. The fraction of sp³-hybridized carbons (Fsp3) is 0.188. The minimum atomic E-state index is -0.470. The Morgan fingerprint density at radius 2 is 2.00 bits per heavy atom. The van der Waals surface area contributed by atoms with Crippen molar-refractivity contribution < 1.29 is 9.53 Å². The second-order valence-corrected chi connectivity index (χ2v) is 4.84. The number of fused-ring (bicyclic) bond motifs is 1. The zero-order chi connectivity index (χ0) is 13.9. The second kappa shape index (κ2) is 5.25. The van der Waals surface area contributed by atoms with Gasteiger partial charge in [-0.15, -0.1) is 0 Å². The van der Waals surface area contributed by atoms with Crippen molar-refractivity contribution in [1.29, 1.82) is 0 Å². The third-order valence-corrected chi connectivity index (χ3v) is 3.41. The maximum absolute atomic E-state index is 11.8. The number of benzene rings is 2. The lowest BCUT2D eigenvalue weighted by Crippen LogP contribution is -2.16. The molecule has 20 heavy (non-hydrogen) atoms. The number of carbonyl (C=O) groups excluding carboxylic acids is 1. The molecule has 1 aliphatic rings. The standard InChI is InChI=1S/C16H16N2O2/c1-18-10-9-12-11-13(7-8-15(12)18)17-16(19)20-14-5-3-2-4-6-14/h2-8,11H,9-10H2,1H3,(H,17,19). The van der Waals surface area contributed by atoms with E-state index in [0.717, 1.165) is 18.7 Å². The number of likely N-dealkylation sites (N-methyl/N-ethyl adjacent to an activating group) is 1. The summed E-state index contributed by atoms with van der Waals surface area (Å²) in [7, 11) is 2.07. The van der Waals surface area contributed by atoms with E-state index >= 15 is 0 Å². The summed E-state index contributed by atoms with van der Waals surface area (Å²) in [6.45, 7) is 1.02. The molecule has 0 spiro atoms. The number of hydrogen-bond acceptors (Lipinski definition) is 3. The monoisotopic (exact) mass is 268 g/mol. The van der Waals surface area contributed by atoms with Crippen molar-refractivity contribution >= 4 is 17.5 Å². The van der Waals surface area contributed by atoms with E-state index < -0.39 is 6.09 Å². The highest BCUT2D eigenvalue weighted by Gasteiger charge is 2.16. The van der Waals surface area contributed by atoms with Gasteiger partial charge in [0, 0.05) is 25.0 Å². The largest absolute Gasteiger partial charge is 0.417 e. The summed E-state index contributed by atoms with van der Waals surface area (Å²) >= 11 is 0. The molecule has 3 rings (SSSR count). The van der Waals surface area contributed by atoms with Crippen molar-refractivity contribution in [2.75, 3.05) is 23.8 Å². The zero-order valence-corrected chi connectivity index (χ0v) is 11.3. The first-order valence-corrected chi connectivity index (χ1v) is 6.60. The van der Waals surface area contributed by atoms with Crippen LogP contribution in [0.5, 0.6) is 5.75 Å². The molecule has 102 valence electrons. The van der Waals surface area contributed by atoms with E-state index in [1.807, 2.05) is 36.4 Å². The minimum Gasteiger partial charge on any atom is -0.410 e. The third-order valence-electron chi connectivity index (χ3n) is 3.41. The van der Waals surface area contributed by atoms with Crippen molar-refractivity contribution in [2.24, 2.45) is 0 Å². The molecule has 0 atom stereocenters. The Balaban J connectivity index is 1.68. The molecule has 0 saturated heterocycles. The number of carbonyl (C=O) groups is 1. The predicted molar refractivity (Wildman–Crippen MR) is 79.5 cm³/mol. The van der Waals surface area contributed by atoms with E-state index in [2.05, 4.69) is 17.3 Å². The van der Waals surface area contributed by atoms with Crippen LogP contribution in [0, 0.1) is 0 Å². The fourth-order valence-electron chi connectivity index (χ4n) is 2.38. The van der Waals surface area contributed by atoms with E-state index in [1.165, 1.54) is 11.3 Å². The van der Waals surface area contributed by atoms with Crippen LogP contribution in [-0.2, 0) is 6.42 Å². The van der Waals surface area contributed by atoms with Gasteiger partial charge in [0.25, 0.3) is 0 Å². The normalized spacial score (nSPS) is 12.9. The van der Waals surface area contributed by atoms with Crippen LogP contribution in [0.3, 0.4) is 0 Å². The quantitative estimate of drug-likeness (QED) is 0.908. The van der Waals surface area contributed by atoms with Crippen molar-refractivity contribution in [2.45, 2.75) is 6.42 Å². The lowest BCUT2D eigenvalue weighted by atomic mass is 10.1. The molecule has 2 aromatic carbocycles. The number of para-hydroxylation sites is 1. The molecule has 1 aliphatic heterocycles. The van der Waals surface area contributed by atoms with E-state index in [9.17, 15) is 4.79 Å². The highest BCUT2D eigenvalue weighted by molar-refractivity contribution is 5.87. The third kappa shape index (κ3) is 2.59. The van der Waals surface area contributed by atoms with Crippen molar-refractivity contribution in [3.05, 3.63) is 54.1 Å². The average molecular weight is 268 g/mol. The van der Waals surface area contributed by atoms with Gasteiger partial charge in [-0.3, -0.25) is 5.32 Å². The molecule has 1 amide bonds. The van der Waals surface area contributed by atoms with Gasteiger partial charge < -0.3 is 9.64 Å². The van der Waals surface area contributed by atoms with Crippen LogP contribution in [0.25, 0.3) is 0 Å². The number of amides is 1. The molecule has 1 N–H and O–H groups in total. The first-order chi connectivity index (χ1) is 9.72. The summed E-state index contributed by atoms with van der Waals surface area (Å²) in [5, 5.41) is 2.76. The molecule has 0 aliphatic carbocycles. The Morgan fingerprint density at radius 3 is 2.80 bits per heavy atom. The van der Waals surface area contributed by atoms with E-state index in [1.54, 1.807) is 12.1 Å². The summed E-state index contributed by atoms with van der Waals surface area (Å²) in [5.41, 5.74) is 3.25. The molecule has 2 aromatic rings. The predicted octanol–water partition coefficient (Wildman–Crippen LogP) is 3.29. The number of rotatable bonds is 2. The van der Waals surface area contributed by atoms with Gasteiger partial charge in [0.15, 0.2) is 0 Å². The summed E-state index contributed by atoms with van der Waals surface area (Å²) in [4.78, 5) is 14.0. The van der Waals surface area contributed by atoms with Gasteiger partial charge in [-0.25, -0.2) is 4.79 Å². The fourth-order valence-corrected chi connectivity index (χ4v) is 2.38. The Labute approximate surface area is 118 Å². The maximum Gasteiger partial charge on any atom is 0.417 e. The topological polar surface area (TPSA) is 41.6 Å². The molecule has 0 bridgehead atoms. The molecule has 0 fully saturated rings. The highest BCUT2D eigenvalue weighted by Crippen LogP contribution is 2.29. The highest BCUT2D eigenvalue weighted by atomic mass is 16.6. The van der Waals surface area contributed by atoms with Gasteiger partial charge in [-0.1, -0.05) is 18.2 Å². The van der Waals surface area contributed by atoms with Gasteiger partial charge in [-0.05, 0) is 42.3 Å². The smallest absolute Gasteiger partial charge is 0.410 e. The first-order valence-electron chi connectivity index (χ1n) is 6.60. The van der Waals surface area contributed by atoms with Crippen LogP contribution in [0.2, 0.25) is 0 Å². The average Bonchev–Trinajstić information content (AvgIpc) is 2.81. The van der Waals surface area contributed by atoms with E-state index in [4.69, 9.17) is 4.74 Å². The Kier molecular flexibility index (Phi) is 3.29. The molecular weight excluding hydrogens is 252 g/mol.